The van der Waals surface area contributed by atoms with E-state index in [1.807, 2.05) is 50.4 Å². The fraction of sp³-hybridized carbons (Fsp3) is 0.278. The van der Waals surface area contributed by atoms with E-state index in [2.05, 4.69) is 11.0 Å². The van der Waals surface area contributed by atoms with Crippen LogP contribution in [0.4, 0.5) is 4.39 Å². The zero-order valence-electron chi connectivity index (χ0n) is 12.3. The molecule has 0 bridgehead atoms. The molecule has 3 heteroatoms. The van der Waals surface area contributed by atoms with Crippen LogP contribution in [0.1, 0.15) is 36.6 Å². The second-order valence-electron chi connectivity index (χ2n) is 5.15. The predicted octanol–water partition coefficient (Wildman–Crippen LogP) is 4.47. The maximum Gasteiger partial charge on any atom is 0.127 e. The Morgan fingerprint density at radius 1 is 1.10 bits per heavy atom. The molecule has 2 aromatic rings. The smallest absolute Gasteiger partial charge is 0.127 e. The van der Waals surface area contributed by atoms with Gasteiger partial charge in [0.15, 0.2) is 0 Å². The Morgan fingerprint density at radius 3 is 2.33 bits per heavy atom. The van der Waals surface area contributed by atoms with Crippen molar-refractivity contribution in [2.75, 3.05) is 7.05 Å². The molecule has 0 aliphatic rings. The fourth-order valence-corrected chi connectivity index (χ4v) is 2.56. The molecule has 2 rings (SSSR count). The molecule has 0 saturated carbocycles. The van der Waals surface area contributed by atoms with Crippen LogP contribution in [0.25, 0.3) is 0 Å². The Hall–Kier alpha value is -2.18. The summed E-state index contributed by atoms with van der Waals surface area (Å²) < 4.78 is 14.0. The van der Waals surface area contributed by atoms with E-state index in [9.17, 15) is 4.39 Å². The van der Waals surface area contributed by atoms with E-state index in [4.69, 9.17) is 5.26 Å². The summed E-state index contributed by atoms with van der Waals surface area (Å²) in [5.74, 6) is -0.208. The standard InChI is InChI=1S/C18H19FN2/c1-14(16-10-6-7-11-17(16)19)21(2)18(12-13-20)15-8-4-3-5-9-15/h3-11,14,18H,12H2,1-2H3. The van der Waals surface area contributed by atoms with Gasteiger partial charge in [0.25, 0.3) is 0 Å². The average Bonchev–Trinajstić information content (AvgIpc) is 2.52. The van der Waals surface area contributed by atoms with Crippen LogP contribution in [0.2, 0.25) is 0 Å². The highest BCUT2D eigenvalue weighted by Crippen LogP contribution is 2.31. The highest BCUT2D eigenvalue weighted by Gasteiger charge is 2.23. The lowest BCUT2D eigenvalue weighted by molar-refractivity contribution is 0.184. The first-order valence-electron chi connectivity index (χ1n) is 7.03. The van der Waals surface area contributed by atoms with Gasteiger partial charge in [0.2, 0.25) is 0 Å². The third-order valence-electron chi connectivity index (χ3n) is 3.93. The molecule has 0 radical (unpaired) electrons. The topological polar surface area (TPSA) is 27.0 Å². The van der Waals surface area contributed by atoms with Gasteiger partial charge in [0.1, 0.15) is 5.82 Å². The van der Waals surface area contributed by atoms with E-state index in [0.29, 0.717) is 12.0 Å². The first-order chi connectivity index (χ1) is 10.1. The molecule has 0 N–H and O–H groups in total. The summed E-state index contributed by atoms with van der Waals surface area (Å²) in [5.41, 5.74) is 1.73. The molecule has 0 aliphatic heterocycles. The average molecular weight is 282 g/mol. The molecular formula is C18H19FN2. The van der Waals surface area contributed by atoms with Crippen molar-refractivity contribution in [1.82, 2.24) is 4.90 Å². The Morgan fingerprint density at radius 2 is 1.71 bits per heavy atom. The van der Waals surface area contributed by atoms with E-state index in [1.165, 1.54) is 6.07 Å². The van der Waals surface area contributed by atoms with Crippen LogP contribution in [-0.2, 0) is 0 Å². The van der Waals surface area contributed by atoms with E-state index < -0.39 is 0 Å². The molecule has 2 unspecified atom stereocenters. The summed E-state index contributed by atoms with van der Waals surface area (Å²) in [5, 5.41) is 9.10. The summed E-state index contributed by atoms with van der Waals surface area (Å²) in [6, 6.07) is 18.8. The van der Waals surface area contributed by atoms with Crippen molar-refractivity contribution in [3.05, 3.63) is 71.5 Å². The minimum Gasteiger partial charge on any atom is -0.292 e. The Bertz CT molecular complexity index is 619. The minimum absolute atomic E-state index is 0.0502. The SMILES string of the molecule is CC(c1ccccc1F)N(C)C(CC#N)c1ccccc1. The molecule has 2 nitrogen and oxygen atoms in total. The molecule has 0 amide bonds. The third kappa shape index (κ3) is 3.48. The summed E-state index contributed by atoms with van der Waals surface area (Å²) in [7, 11) is 1.94. The van der Waals surface area contributed by atoms with Gasteiger partial charge in [-0.15, -0.1) is 0 Å². The molecular weight excluding hydrogens is 263 g/mol. The summed E-state index contributed by atoms with van der Waals surface area (Å²) in [6.45, 7) is 1.96. The zero-order chi connectivity index (χ0) is 15.2. The van der Waals surface area contributed by atoms with Crippen LogP contribution in [0.15, 0.2) is 54.6 Å². The third-order valence-corrected chi connectivity index (χ3v) is 3.93. The molecule has 0 fully saturated rings. The predicted molar refractivity (Wildman–Crippen MR) is 82.0 cm³/mol. The van der Waals surface area contributed by atoms with Gasteiger partial charge in [0, 0.05) is 17.6 Å². The molecule has 2 atom stereocenters. The van der Waals surface area contributed by atoms with Gasteiger partial charge in [-0.1, -0.05) is 48.5 Å². The lowest BCUT2D eigenvalue weighted by Gasteiger charge is -2.32. The first kappa shape index (κ1) is 15.2. The van der Waals surface area contributed by atoms with E-state index in [1.54, 1.807) is 12.1 Å². The van der Waals surface area contributed by atoms with Gasteiger partial charge in [0.05, 0.1) is 12.5 Å². The molecule has 0 saturated heterocycles. The molecule has 0 heterocycles. The number of nitrogens with zero attached hydrogens (tertiary/aromatic N) is 2. The van der Waals surface area contributed by atoms with Crippen LogP contribution in [0.3, 0.4) is 0 Å². The van der Waals surface area contributed by atoms with Gasteiger partial charge >= 0.3 is 0 Å². The number of nitriles is 1. The van der Waals surface area contributed by atoms with Crippen LogP contribution < -0.4 is 0 Å². The highest BCUT2D eigenvalue weighted by molar-refractivity contribution is 5.24. The van der Waals surface area contributed by atoms with Crippen LogP contribution in [0.5, 0.6) is 0 Å². The number of hydrogen-bond acceptors (Lipinski definition) is 2. The van der Waals surface area contributed by atoms with Crippen molar-refractivity contribution >= 4 is 0 Å². The van der Waals surface area contributed by atoms with Crippen molar-refractivity contribution in [2.24, 2.45) is 0 Å². The molecule has 0 aliphatic carbocycles. The van der Waals surface area contributed by atoms with Crippen molar-refractivity contribution in [3.8, 4) is 6.07 Å². The van der Waals surface area contributed by atoms with Gasteiger partial charge in [-0.2, -0.15) is 5.26 Å². The van der Waals surface area contributed by atoms with Crippen molar-refractivity contribution in [3.63, 3.8) is 0 Å². The Kier molecular flexibility index (Phi) is 5.08. The maximum atomic E-state index is 14.0. The molecule has 2 aromatic carbocycles. The number of rotatable bonds is 5. The van der Waals surface area contributed by atoms with E-state index >= 15 is 0 Å². The summed E-state index contributed by atoms with van der Waals surface area (Å²) in [4.78, 5) is 2.05. The van der Waals surface area contributed by atoms with Crippen LogP contribution in [-0.4, -0.2) is 11.9 Å². The van der Waals surface area contributed by atoms with Crippen molar-refractivity contribution in [2.45, 2.75) is 25.4 Å². The normalized spacial score (nSPS) is 13.7. The minimum atomic E-state index is -0.208. The summed E-state index contributed by atoms with van der Waals surface area (Å²) in [6.07, 6.45) is 0.374. The first-order valence-corrected chi connectivity index (χ1v) is 7.03. The largest absolute Gasteiger partial charge is 0.292 e. The fourth-order valence-electron chi connectivity index (χ4n) is 2.56. The lowest BCUT2D eigenvalue weighted by atomic mass is 9.99. The molecule has 0 spiro atoms. The quantitative estimate of drug-likeness (QED) is 0.808. The number of halogens is 1. The van der Waals surface area contributed by atoms with E-state index in [0.717, 1.165) is 5.56 Å². The Balaban J connectivity index is 2.29. The maximum absolute atomic E-state index is 14.0. The Labute approximate surface area is 125 Å². The van der Waals surface area contributed by atoms with E-state index in [-0.39, 0.29) is 17.9 Å². The van der Waals surface area contributed by atoms with Crippen molar-refractivity contribution in [1.29, 1.82) is 5.26 Å². The van der Waals surface area contributed by atoms with Crippen LogP contribution >= 0.6 is 0 Å². The van der Waals surface area contributed by atoms with Gasteiger partial charge in [-0.05, 0) is 25.6 Å². The zero-order valence-corrected chi connectivity index (χ0v) is 12.3. The second kappa shape index (κ2) is 7.01. The lowest BCUT2D eigenvalue weighted by Crippen LogP contribution is -2.28. The highest BCUT2D eigenvalue weighted by atomic mass is 19.1. The van der Waals surface area contributed by atoms with Gasteiger partial charge in [-0.25, -0.2) is 4.39 Å². The van der Waals surface area contributed by atoms with Gasteiger partial charge < -0.3 is 0 Å². The molecule has 21 heavy (non-hydrogen) atoms. The number of hydrogen-bond donors (Lipinski definition) is 0. The van der Waals surface area contributed by atoms with Crippen LogP contribution in [0, 0.1) is 17.1 Å². The monoisotopic (exact) mass is 282 g/mol. The van der Waals surface area contributed by atoms with Gasteiger partial charge in [-0.3, -0.25) is 4.90 Å². The number of benzene rings is 2. The van der Waals surface area contributed by atoms with Crippen molar-refractivity contribution < 1.29 is 4.39 Å². The molecule has 108 valence electrons. The summed E-state index contributed by atoms with van der Waals surface area (Å²) >= 11 is 0. The second-order valence-corrected chi connectivity index (χ2v) is 5.15. The molecule has 0 aromatic heterocycles.